The van der Waals surface area contributed by atoms with Crippen LogP contribution in [0.15, 0.2) is 28.8 Å². The molecule has 0 saturated heterocycles. The lowest BCUT2D eigenvalue weighted by Gasteiger charge is -2.20. The fourth-order valence-corrected chi connectivity index (χ4v) is 2.22. The number of aromatic nitrogens is 1. The number of aliphatic hydroxyl groups excluding tert-OH is 1. The molecule has 1 aromatic heterocycles. The van der Waals surface area contributed by atoms with Crippen molar-refractivity contribution in [3.8, 4) is 11.5 Å². The van der Waals surface area contributed by atoms with Gasteiger partial charge in [-0.3, -0.25) is 0 Å². The molecule has 112 valence electrons. The Morgan fingerprint density at radius 2 is 2.05 bits per heavy atom. The van der Waals surface area contributed by atoms with E-state index in [-0.39, 0.29) is 0 Å². The fraction of sp³-hybridized carbons (Fsp3) is 0.400. The molecular formula is C15H18N2O4. The number of hydrogen-bond acceptors (Lipinski definition) is 6. The zero-order valence-corrected chi connectivity index (χ0v) is 11.8. The van der Waals surface area contributed by atoms with Gasteiger partial charge in [-0.2, -0.15) is 0 Å². The first-order valence-electron chi connectivity index (χ1n) is 6.93. The zero-order chi connectivity index (χ0) is 14.7. The van der Waals surface area contributed by atoms with E-state index in [0.717, 1.165) is 22.8 Å². The number of fused-ring (bicyclic) bond motifs is 1. The average Bonchev–Trinajstić information content (AvgIpc) is 2.92. The highest BCUT2D eigenvalue weighted by Gasteiger charge is 2.15. The Balaban J connectivity index is 1.56. The van der Waals surface area contributed by atoms with Crippen LogP contribution in [0, 0.1) is 6.92 Å². The fourth-order valence-electron chi connectivity index (χ4n) is 2.22. The Bertz CT molecular complexity index is 611. The Labute approximate surface area is 122 Å². The third kappa shape index (κ3) is 3.34. The van der Waals surface area contributed by atoms with E-state index >= 15 is 0 Å². The van der Waals surface area contributed by atoms with Gasteiger partial charge < -0.3 is 24.4 Å². The van der Waals surface area contributed by atoms with Crippen LogP contribution in [0.2, 0.25) is 0 Å². The van der Waals surface area contributed by atoms with Crippen LogP contribution in [0.4, 0.5) is 0 Å². The maximum absolute atomic E-state index is 10.2. The maximum atomic E-state index is 10.2. The van der Waals surface area contributed by atoms with E-state index in [2.05, 4.69) is 10.5 Å². The lowest BCUT2D eigenvalue weighted by molar-refractivity contribution is 0.163. The van der Waals surface area contributed by atoms with Crippen molar-refractivity contribution in [2.45, 2.75) is 19.6 Å². The number of nitrogens with one attached hydrogen (secondary N) is 1. The number of nitrogens with zero attached hydrogens (tertiary/aromatic N) is 1. The molecule has 1 unspecified atom stereocenters. The van der Waals surface area contributed by atoms with Crippen LogP contribution < -0.4 is 14.8 Å². The summed E-state index contributed by atoms with van der Waals surface area (Å²) in [6, 6.07) is 7.36. The third-order valence-electron chi connectivity index (χ3n) is 3.27. The summed E-state index contributed by atoms with van der Waals surface area (Å²) in [6.45, 7) is 3.93. The van der Waals surface area contributed by atoms with Gasteiger partial charge >= 0.3 is 0 Å². The van der Waals surface area contributed by atoms with E-state index in [0.29, 0.717) is 32.1 Å². The summed E-state index contributed by atoms with van der Waals surface area (Å²) in [6.07, 6.45) is -0.617. The highest BCUT2D eigenvalue weighted by Crippen LogP contribution is 2.32. The van der Waals surface area contributed by atoms with Crippen molar-refractivity contribution in [3.05, 3.63) is 41.3 Å². The first kappa shape index (κ1) is 13.9. The van der Waals surface area contributed by atoms with Crippen LogP contribution in [-0.2, 0) is 6.54 Å². The summed E-state index contributed by atoms with van der Waals surface area (Å²) >= 11 is 0. The van der Waals surface area contributed by atoms with E-state index < -0.39 is 6.10 Å². The molecule has 0 aliphatic carbocycles. The lowest BCUT2D eigenvalue weighted by atomic mass is 10.1. The van der Waals surface area contributed by atoms with Gasteiger partial charge in [-0.1, -0.05) is 11.2 Å². The van der Waals surface area contributed by atoms with E-state index in [1.165, 1.54) is 0 Å². The number of aryl methyl sites for hydroxylation is 1. The SMILES string of the molecule is Cc1cc(CNCC(O)c2ccc3c(c2)OCCO3)no1. The summed E-state index contributed by atoms with van der Waals surface area (Å²) in [5, 5.41) is 17.2. The molecule has 0 spiro atoms. The average molecular weight is 290 g/mol. The summed E-state index contributed by atoms with van der Waals surface area (Å²) in [7, 11) is 0. The van der Waals surface area contributed by atoms with Crippen LogP contribution in [0.3, 0.4) is 0 Å². The van der Waals surface area contributed by atoms with E-state index in [9.17, 15) is 5.11 Å². The molecular weight excluding hydrogens is 272 g/mol. The topological polar surface area (TPSA) is 76.8 Å². The quantitative estimate of drug-likeness (QED) is 0.870. The molecule has 1 aromatic carbocycles. The smallest absolute Gasteiger partial charge is 0.161 e. The first-order valence-corrected chi connectivity index (χ1v) is 6.93. The van der Waals surface area contributed by atoms with Crippen molar-refractivity contribution in [2.75, 3.05) is 19.8 Å². The van der Waals surface area contributed by atoms with Gasteiger partial charge in [0.25, 0.3) is 0 Å². The van der Waals surface area contributed by atoms with Gasteiger partial charge in [-0.15, -0.1) is 0 Å². The predicted molar refractivity (Wildman–Crippen MR) is 75.3 cm³/mol. The standard InChI is InChI=1S/C15H18N2O4/c1-10-6-12(17-21-10)8-16-9-13(18)11-2-3-14-15(7-11)20-5-4-19-14/h2-3,6-7,13,16,18H,4-5,8-9H2,1H3. The molecule has 0 fully saturated rings. The molecule has 2 heterocycles. The first-order chi connectivity index (χ1) is 10.2. The van der Waals surface area contributed by atoms with Gasteiger partial charge in [0.05, 0.1) is 11.8 Å². The second-order valence-corrected chi connectivity index (χ2v) is 4.98. The molecule has 1 aliphatic rings. The lowest BCUT2D eigenvalue weighted by Crippen LogP contribution is -2.21. The highest BCUT2D eigenvalue weighted by atomic mass is 16.6. The van der Waals surface area contributed by atoms with Gasteiger partial charge in [-0.25, -0.2) is 0 Å². The van der Waals surface area contributed by atoms with E-state index in [1.807, 2.05) is 31.2 Å². The largest absolute Gasteiger partial charge is 0.486 e. The van der Waals surface area contributed by atoms with Crippen molar-refractivity contribution < 1.29 is 19.1 Å². The second-order valence-electron chi connectivity index (χ2n) is 4.98. The van der Waals surface area contributed by atoms with E-state index in [1.54, 1.807) is 0 Å². The van der Waals surface area contributed by atoms with Crippen molar-refractivity contribution >= 4 is 0 Å². The number of benzene rings is 1. The Kier molecular flexibility index (Phi) is 4.08. The minimum absolute atomic E-state index is 0.422. The van der Waals surface area contributed by atoms with Crippen LogP contribution in [0.5, 0.6) is 11.5 Å². The third-order valence-corrected chi connectivity index (χ3v) is 3.27. The molecule has 0 bridgehead atoms. The molecule has 2 N–H and O–H groups in total. The molecule has 6 nitrogen and oxygen atoms in total. The highest BCUT2D eigenvalue weighted by molar-refractivity contribution is 5.44. The summed E-state index contributed by atoms with van der Waals surface area (Å²) < 4.78 is 16.0. The number of rotatable bonds is 5. The molecule has 6 heteroatoms. The summed E-state index contributed by atoms with van der Waals surface area (Å²) in [5.74, 6) is 2.19. The normalized spacial score (nSPS) is 15.0. The molecule has 0 saturated carbocycles. The van der Waals surface area contributed by atoms with Gasteiger partial charge in [0.15, 0.2) is 11.5 Å². The van der Waals surface area contributed by atoms with Crippen LogP contribution >= 0.6 is 0 Å². The van der Waals surface area contributed by atoms with Gasteiger partial charge in [-0.05, 0) is 24.6 Å². The second kappa shape index (κ2) is 6.15. The Hall–Kier alpha value is -2.05. The predicted octanol–water partition coefficient (Wildman–Crippen LogP) is 1.58. The molecule has 1 aliphatic heterocycles. The van der Waals surface area contributed by atoms with Crippen molar-refractivity contribution in [2.24, 2.45) is 0 Å². The Morgan fingerprint density at radius 1 is 1.24 bits per heavy atom. The zero-order valence-electron chi connectivity index (χ0n) is 11.8. The van der Waals surface area contributed by atoms with Gasteiger partial charge in [0.1, 0.15) is 19.0 Å². The molecule has 3 rings (SSSR count). The van der Waals surface area contributed by atoms with Gasteiger partial charge in [0.2, 0.25) is 0 Å². The maximum Gasteiger partial charge on any atom is 0.161 e. The minimum Gasteiger partial charge on any atom is -0.486 e. The Morgan fingerprint density at radius 3 is 2.81 bits per heavy atom. The molecule has 2 aromatic rings. The molecule has 0 amide bonds. The van der Waals surface area contributed by atoms with Crippen molar-refractivity contribution in [1.29, 1.82) is 0 Å². The van der Waals surface area contributed by atoms with Crippen molar-refractivity contribution in [3.63, 3.8) is 0 Å². The summed E-state index contributed by atoms with van der Waals surface area (Å²) in [5.41, 5.74) is 1.62. The summed E-state index contributed by atoms with van der Waals surface area (Å²) in [4.78, 5) is 0. The number of ether oxygens (including phenoxy) is 2. The monoisotopic (exact) mass is 290 g/mol. The van der Waals surface area contributed by atoms with Crippen LogP contribution in [0.1, 0.15) is 23.1 Å². The molecule has 21 heavy (non-hydrogen) atoms. The molecule has 0 radical (unpaired) electrons. The van der Waals surface area contributed by atoms with Crippen LogP contribution in [0.25, 0.3) is 0 Å². The van der Waals surface area contributed by atoms with E-state index in [4.69, 9.17) is 14.0 Å². The molecule has 1 atom stereocenters. The minimum atomic E-state index is -0.617. The van der Waals surface area contributed by atoms with Crippen LogP contribution in [-0.4, -0.2) is 30.0 Å². The van der Waals surface area contributed by atoms with Gasteiger partial charge in [0, 0.05) is 19.2 Å². The number of aliphatic hydroxyl groups is 1. The number of hydrogen-bond donors (Lipinski definition) is 2. The van der Waals surface area contributed by atoms with Crippen molar-refractivity contribution in [1.82, 2.24) is 10.5 Å².